The van der Waals surface area contributed by atoms with Gasteiger partial charge in [-0.25, -0.2) is 0 Å². The number of aliphatic imine (C=N–C) groups is 1. The third-order valence-electron chi connectivity index (χ3n) is 4.93. The van der Waals surface area contributed by atoms with Crippen molar-refractivity contribution in [1.82, 2.24) is 4.98 Å². The first-order chi connectivity index (χ1) is 11.8. The second-order valence-corrected chi connectivity index (χ2v) is 6.43. The number of carbonyl (C=O) groups is 1. The molecule has 3 heterocycles. The highest BCUT2D eigenvalue weighted by molar-refractivity contribution is 6.16. The summed E-state index contributed by atoms with van der Waals surface area (Å²) in [5.41, 5.74) is 6.50. The lowest BCUT2D eigenvalue weighted by Crippen LogP contribution is -2.23. The van der Waals surface area contributed by atoms with Crippen molar-refractivity contribution in [3.8, 4) is 0 Å². The first-order valence-corrected chi connectivity index (χ1v) is 8.36. The molecule has 0 radical (unpaired) electrons. The van der Waals surface area contributed by atoms with Gasteiger partial charge in [-0.15, -0.1) is 0 Å². The van der Waals surface area contributed by atoms with E-state index >= 15 is 0 Å². The third-order valence-corrected chi connectivity index (χ3v) is 4.93. The summed E-state index contributed by atoms with van der Waals surface area (Å²) in [4.78, 5) is 22.1. The highest BCUT2D eigenvalue weighted by Gasteiger charge is 2.25. The van der Waals surface area contributed by atoms with Gasteiger partial charge in [0.05, 0.1) is 18.0 Å². The molecule has 1 saturated heterocycles. The number of rotatable bonds is 2. The first kappa shape index (κ1) is 13.5. The fraction of sp³-hybridized carbons (Fsp3) is 0.200. The lowest BCUT2D eigenvalue weighted by Gasteiger charge is -2.17. The average Bonchev–Trinajstić information content (AvgIpc) is 3.30. The summed E-state index contributed by atoms with van der Waals surface area (Å²) in [6.07, 6.45) is 1.60. The van der Waals surface area contributed by atoms with Crippen LogP contribution in [0.5, 0.6) is 0 Å². The standard InChI is InChI=1S/C20H17N3O/c24-19-6-3-9-23(19)15-8-7-14-12-21-20(16(14)11-15)18-10-13-4-1-2-5-17(13)22-18/h1-2,4-5,7-8,10-11,22H,3,6,9,12H2. The number of anilines is 1. The number of fused-ring (bicyclic) bond motifs is 2. The van der Waals surface area contributed by atoms with Crippen LogP contribution in [0.2, 0.25) is 0 Å². The van der Waals surface area contributed by atoms with Gasteiger partial charge in [0.15, 0.2) is 0 Å². The molecule has 4 heteroatoms. The van der Waals surface area contributed by atoms with Gasteiger partial charge in [-0.05, 0) is 36.2 Å². The Balaban J connectivity index is 1.58. The van der Waals surface area contributed by atoms with E-state index in [4.69, 9.17) is 4.99 Å². The van der Waals surface area contributed by atoms with Crippen molar-refractivity contribution in [1.29, 1.82) is 0 Å². The van der Waals surface area contributed by atoms with E-state index in [2.05, 4.69) is 35.3 Å². The molecule has 1 amide bonds. The highest BCUT2D eigenvalue weighted by Crippen LogP contribution is 2.30. The van der Waals surface area contributed by atoms with Gasteiger partial charge in [-0.1, -0.05) is 24.3 Å². The largest absolute Gasteiger partial charge is 0.353 e. The quantitative estimate of drug-likeness (QED) is 0.771. The third kappa shape index (κ3) is 1.99. The number of H-pyrrole nitrogens is 1. The van der Waals surface area contributed by atoms with Gasteiger partial charge in [0.2, 0.25) is 5.91 Å². The Morgan fingerprint density at radius 1 is 1.08 bits per heavy atom. The second-order valence-electron chi connectivity index (χ2n) is 6.43. The Bertz CT molecular complexity index is 966. The fourth-order valence-corrected chi connectivity index (χ4v) is 3.69. The Morgan fingerprint density at radius 3 is 2.83 bits per heavy atom. The number of nitrogens with one attached hydrogen (secondary N) is 1. The van der Waals surface area contributed by atoms with Crippen LogP contribution in [-0.4, -0.2) is 23.1 Å². The van der Waals surface area contributed by atoms with Gasteiger partial charge in [-0.2, -0.15) is 0 Å². The lowest BCUT2D eigenvalue weighted by molar-refractivity contribution is -0.117. The van der Waals surface area contributed by atoms with E-state index in [-0.39, 0.29) is 5.91 Å². The number of hydrogen-bond donors (Lipinski definition) is 1. The van der Waals surface area contributed by atoms with E-state index in [1.807, 2.05) is 23.1 Å². The number of carbonyl (C=O) groups excluding carboxylic acids is 1. The molecule has 2 aromatic carbocycles. The molecule has 118 valence electrons. The molecule has 0 aliphatic carbocycles. The van der Waals surface area contributed by atoms with Crippen molar-refractivity contribution >= 4 is 28.2 Å². The SMILES string of the molecule is O=C1CCCN1c1ccc2c(c1)C(c1cc3ccccc3[nH]1)=NC2. The minimum absolute atomic E-state index is 0.219. The van der Waals surface area contributed by atoms with Gasteiger partial charge >= 0.3 is 0 Å². The van der Waals surface area contributed by atoms with Gasteiger partial charge in [0.25, 0.3) is 0 Å². The summed E-state index contributed by atoms with van der Waals surface area (Å²) in [6.45, 7) is 1.52. The number of benzene rings is 2. The highest BCUT2D eigenvalue weighted by atomic mass is 16.2. The maximum atomic E-state index is 12.0. The molecule has 0 bridgehead atoms. The first-order valence-electron chi connectivity index (χ1n) is 8.36. The number of hydrogen-bond acceptors (Lipinski definition) is 2. The topological polar surface area (TPSA) is 48.5 Å². The number of nitrogens with zero attached hydrogens (tertiary/aromatic N) is 2. The zero-order valence-electron chi connectivity index (χ0n) is 13.2. The Kier molecular flexibility index (Phi) is 2.86. The van der Waals surface area contributed by atoms with Gasteiger partial charge in [0, 0.05) is 35.1 Å². The molecule has 1 N–H and O–H groups in total. The molecular formula is C20H17N3O. The molecule has 1 fully saturated rings. The molecule has 0 atom stereocenters. The van der Waals surface area contributed by atoms with E-state index in [1.165, 1.54) is 10.9 Å². The van der Waals surface area contributed by atoms with Crippen molar-refractivity contribution in [3.05, 3.63) is 65.4 Å². The number of para-hydroxylation sites is 1. The maximum absolute atomic E-state index is 12.0. The van der Waals surface area contributed by atoms with E-state index in [1.54, 1.807) is 0 Å². The molecule has 3 aromatic rings. The van der Waals surface area contributed by atoms with Crippen LogP contribution in [0.25, 0.3) is 10.9 Å². The molecule has 0 spiro atoms. The smallest absolute Gasteiger partial charge is 0.227 e. The van der Waals surface area contributed by atoms with Crippen molar-refractivity contribution < 1.29 is 4.79 Å². The van der Waals surface area contributed by atoms with Gasteiger partial charge < -0.3 is 9.88 Å². The van der Waals surface area contributed by atoms with Crippen molar-refractivity contribution in [2.24, 2.45) is 4.99 Å². The van der Waals surface area contributed by atoms with E-state index in [9.17, 15) is 4.79 Å². The molecule has 4 nitrogen and oxygen atoms in total. The number of amides is 1. The van der Waals surface area contributed by atoms with Crippen molar-refractivity contribution in [2.75, 3.05) is 11.4 Å². The summed E-state index contributed by atoms with van der Waals surface area (Å²) >= 11 is 0. The molecule has 2 aliphatic rings. The van der Waals surface area contributed by atoms with E-state index in [0.717, 1.165) is 41.1 Å². The predicted molar refractivity (Wildman–Crippen MR) is 95.7 cm³/mol. The zero-order chi connectivity index (χ0) is 16.1. The molecule has 5 rings (SSSR count). The molecule has 2 aliphatic heterocycles. The van der Waals surface area contributed by atoms with Gasteiger partial charge in [0.1, 0.15) is 0 Å². The fourth-order valence-electron chi connectivity index (χ4n) is 3.69. The Labute approximate surface area is 139 Å². The molecule has 0 unspecified atom stereocenters. The summed E-state index contributed by atoms with van der Waals surface area (Å²) < 4.78 is 0. The Hall–Kier alpha value is -2.88. The zero-order valence-corrected chi connectivity index (χ0v) is 13.2. The van der Waals surface area contributed by atoms with Crippen LogP contribution in [0.3, 0.4) is 0 Å². The summed E-state index contributed by atoms with van der Waals surface area (Å²) in [7, 11) is 0. The second kappa shape index (κ2) is 5.06. The maximum Gasteiger partial charge on any atom is 0.227 e. The van der Waals surface area contributed by atoms with Crippen LogP contribution in [0.15, 0.2) is 53.5 Å². The minimum Gasteiger partial charge on any atom is -0.353 e. The lowest BCUT2D eigenvalue weighted by atomic mass is 10.0. The average molecular weight is 315 g/mol. The number of aromatic nitrogens is 1. The summed E-state index contributed by atoms with van der Waals surface area (Å²) in [6, 6.07) is 16.7. The summed E-state index contributed by atoms with van der Waals surface area (Å²) in [5.74, 6) is 0.219. The van der Waals surface area contributed by atoms with Crippen LogP contribution in [0, 0.1) is 0 Å². The molecule has 0 saturated carbocycles. The minimum atomic E-state index is 0.219. The van der Waals surface area contributed by atoms with Crippen LogP contribution < -0.4 is 4.90 Å². The van der Waals surface area contributed by atoms with Crippen LogP contribution in [0.4, 0.5) is 5.69 Å². The molecular weight excluding hydrogens is 298 g/mol. The van der Waals surface area contributed by atoms with Crippen molar-refractivity contribution in [3.63, 3.8) is 0 Å². The molecule has 1 aromatic heterocycles. The van der Waals surface area contributed by atoms with Crippen LogP contribution >= 0.6 is 0 Å². The monoisotopic (exact) mass is 315 g/mol. The van der Waals surface area contributed by atoms with Crippen LogP contribution in [0.1, 0.15) is 29.7 Å². The molecule has 24 heavy (non-hydrogen) atoms. The van der Waals surface area contributed by atoms with Crippen LogP contribution in [-0.2, 0) is 11.3 Å². The van der Waals surface area contributed by atoms with Crippen molar-refractivity contribution in [2.45, 2.75) is 19.4 Å². The summed E-state index contributed by atoms with van der Waals surface area (Å²) in [5, 5.41) is 1.19. The predicted octanol–water partition coefficient (Wildman–Crippen LogP) is 3.65. The number of aromatic amines is 1. The normalized spacial score (nSPS) is 16.8. The van der Waals surface area contributed by atoms with E-state index < -0.39 is 0 Å². The Morgan fingerprint density at radius 2 is 2.00 bits per heavy atom. The van der Waals surface area contributed by atoms with E-state index in [0.29, 0.717) is 13.0 Å². The van der Waals surface area contributed by atoms with Gasteiger partial charge in [-0.3, -0.25) is 9.79 Å².